The first-order chi connectivity index (χ1) is 10.7. The van der Waals surface area contributed by atoms with E-state index in [1.807, 2.05) is 0 Å². The summed E-state index contributed by atoms with van der Waals surface area (Å²) in [5, 5.41) is 6.48. The van der Waals surface area contributed by atoms with Crippen LogP contribution in [0.3, 0.4) is 0 Å². The van der Waals surface area contributed by atoms with Gasteiger partial charge in [0.1, 0.15) is 0 Å². The molecular weight excluding hydrogens is 276 g/mol. The Morgan fingerprint density at radius 3 is 2.64 bits per heavy atom. The van der Waals surface area contributed by atoms with Gasteiger partial charge in [0.15, 0.2) is 0 Å². The molecule has 2 aliphatic heterocycles. The molecule has 0 bridgehead atoms. The fourth-order valence-corrected chi connectivity index (χ4v) is 3.47. The van der Waals surface area contributed by atoms with Gasteiger partial charge in [-0.1, -0.05) is 13.8 Å². The normalized spacial score (nSPS) is 25.3. The third-order valence-corrected chi connectivity index (χ3v) is 5.07. The van der Waals surface area contributed by atoms with Crippen LogP contribution in [0.25, 0.3) is 0 Å². The summed E-state index contributed by atoms with van der Waals surface area (Å²) in [6, 6.07) is 0. The van der Waals surface area contributed by atoms with E-state index in [0.29, 0.717) is 18.3 Å². The van der Waals surface area contributed by atoms with Gasteiger partial charge in [-0.05, 0) is 44.3 Å². The Kier molecular flexibility index (Phi) is 7.63. The Morgan fingerprint density at radius 2 is 2.00 bits per heavy atom. The van der Waals surface area contributed by atoms with Crippen LogP contribution < -0.4 is 10.6 Å². The molecule has 5 heteroatoms. The minimum atomic E-state index is 0.231. The number of nitrogens with one attached hydrogen (secondary N) is 2. The molecule has 0 spiro atoms. The van der Waals surface area contributed by atoms with Crippen molar-refractivity contribution in [1.29, 1.82) is 0 Å². The Balaban J connectivity index is 1.53. The number of nitrogens with zero attached hydrogens (tertiary/aromatic N) is 2. The molecule has 0 aliphatic carbocycles. The zero-order valence-electron chi connectivity index (χ0n) is 14.4. The van der Waals surface area contributed by atoms with Crippen molar-refractivity contribution in [2.75, 3.05) is 58.9 Å². The summed E-state index contributed by atoms with van der Waals surface area (Å²) in [5.41, 5.74) is 0. The average molecular weight is 310 g/mol. The van der Waals surface area contributed by atoms with Gasteiger partial charge in [-0.15, -0.1) is 0 Å². The zero-order valence-corrected chi connectivity index (χ0v) is 14.4. The molecule has 2 rings (SSSR count). The van der Waals surface area contributed by atoms with E-state index in [4.69, 9.17) is 0 Å². The van der Waals surface area contributed by atoms with Gasteiger partial charge in [0.05, 0.1) is 0 Å². The molecule has 2 unspecified atom stereocenters. The minimum absolute atomic E-state index is 0.231. The Morgan fingerprint density at radius 1 is 1.27 bits per heavy atom. The van der Waals surface area contributed by atoms with E-state index in [0.717, 1.165) is 39.1 Å². The quantitative estimate of drug-likeness (QED) is 0.695. The molecule has 0 radical (unpaired) electrons. The predicted molar refractivity (Wildman–Crippen MR) is 90.9 cm³/mol. The molecule has 2 aliphatic rings. The second-order valence-corrected chi connectivity index (χ2v) is 7.04. The molecular formula is C17H34N4O. The van der Waals surface area contributed by atoms with E-state index < -0.39 is 0 Å². The maximum absolute atomic E-state index is 11.9. The molecule has 2 heterocycles. The van der Waals surface area contributed by atoms with Crippen molar-refractivity contribution in [1.82, 2.24) is 20.4 Å². The van der Waals surface area contributed by atoms with E-state index in [2.05, 4.69) is 34.3 Å². The molecule has 0 aromatic carbocycles. The number of rotatable bonds is 8. The standard InChI is InChI=1S/C17H34N4O/c1-3-20-8-10-21(11-9-20)14-15(2)12-19-17(22)5-4-16-6-7-18-13-16/h15-16,18H,3-14H2,1-2H3,(H,19,22). The number of carbonyl (C=O) groups is 1. The summed E-state index contributed by atoms with van der Waals surface area (Å²) in [4.78, 5) is 17.0. The molecule has 22 heavy (non-hydrogen) atoms. The lowest BCUT2D eigenvalue weighted by molar-refractivity contribution is -0.121. The van der Waals surface area contributed by atoms with Crippen molar-refractivity contribution in [2.45, 2.75) is 33.1 Å². The van der Waals surface area contributed by atoms with Gasteiger partial charge in [0.2, 0.25) is 5.91 Å². The van der Waals surface area contributed by atoms with Crippen molar-refractivity contribution in [3.05, 3.63) is 0 Å². The van der Waals surface area contributed by atoms with Crippen LogP contribution in [-0.2, 0) is 4.79 Å². The number of likely N-dealkylation sites (N-methyl/N-ethyl adjacent to an activating group) is 1. The van der Waals surface area contributed by atoms with E-state index in [-0.39, 0.29) is 5.91 Å². The summed E-state index contributed by atoms with van der Waals surface area (Å²) in [5.74, 6) is 1.47. The SMILES string of the molecule is CCN1CCN(CC(C)CNC(=O)CCC2CCNC2)CC1. The molecule has 0 aromatic rings. The maximum Gasteiger partial charge on any atom is 0.220 e. The zero-order chi connectivity index (χ0) is 15.8. The van der Waals surface area contributed by atoms with E-state index in [9.17, 15) is 4.79 Å². The van der Waals surface area contributed by atoms with Crippen molar-refractivity contribution in [2.24, 2.45) is 11.8 Å². The van der Waals surface area contributed by atoms with E-state index in [1.54, 1.807) is 0 Å². The Labute approximate surface area is 135 Å². The van der Waals surface area contributed by atoms with Crippen LogP contribution in [-0.4, -0.2) is 74.6 Å². The summed E-state index contributed by atoms with van der Waals surface area (Å²) in [6.07, 6.45) is 2.95. The van der Waals surface area contributed by atoms with Gasteiger partial charge in [0.25, 0.3) is 0 Å². The Hall–Kier alpha value is -0.650. The van der Waals surface area contributed by atoms with Crippen LogP contribution in [0.15, 0.2) is 0 Å². The largest absolute Gasteiger partial charge is 0.356 e. The molecule has 2 saturated heterocycles. The number of piperazine rings is 1. The lowest BCUT2D eigenvalue weighted by Crippen LogP contribution is -2.48. The topological polar surface area (TPSA) is 47.6 Å². The van der Waals surface area contributed by atoms with E-state index in [1.165, 1.54) is 32.6 Å². The minimum Gasteiger partial charge on any atom is -0.356 e. The number of amides is 1. The number of hydrogen-bond donors (Lipinski definition) is 2. The molecule has 128 valence electrons. The average Bonchev–Trinajstić information content (AvgIpc) is 3.05. The predicted octanol–water partition coefficient (Wildman–Crippen LogP) is 0.766. The first-order valence-electron chi connectivity index (χ1n) is 9.09. The molecule has 0 aromatic heterocycles. The molecule has 1 amide bonds. The van der Waals surface area contributed by atoms with Gasteiger partial charge in [-0.25, -0.2) is 0 Å². The highest BCUT2D eigenvalue weighted by atomic mass is 16.1. The van der Waals surface area contributed by atoms with Crippen LogP contribution in [0.2, 0.25) is 0 Å². The maximum atomic E-state index is 11.9. The fraction of sp³-hybridized carbons (Fsp3) is 0.941. The van der Waals surface area contributed by atoms with E-state index >= 15 is 0 Å². The van der Waals surface area contributed by atoms with Crippen molar-refractivity contribution in [3.8, 4) is 0 Å². The third-order valence-electron chi connectivity index (χ3n) is 5.07. The highest BCUT2D eigenvalue weighted by Crippen LogP contribution is 2.14. The first-order valence-corrected chi connectivity index (χ1v) is 9.09. The summed E-state index contributed by atoms with van der Waals surface area (Å²) < 4.78 is 0. The molecule has 0 saturated carbocycles. The monoisotopic (exact) mass is 310 g/mol. The van der Waals surface area contributed by atoms with Gasteiger partial charge in [-0.2, -0.15) is 0 Å². The van der Waals surface area contributed by atoms with Crippen molar-refractivity contribution < 1.29 is 4.79 Å². The Bertz CT molecular complexity index is 323. The van der Waals surface area contributed by atoms with Gasteiger partial charge >= 0.3 is 0 Å². The van der Waals surface area contributed by atoms with Crippen LogP contribution in [0.4, 0.5) is 0 Å². The van der Waals surface area contributed by atoms with Crippen LogP contribution in [0.1, 0.15) is 33.1 Å². The van der Waals surface area contributed by atoms with Crippen LogP contribution in [0, 0.1) is 11.8 Å². The van der Waals surface area contributed by atoms with Gasteiger partial charge in [0, 0.05) is 45.7 Å². The fourth-order valence-electron chi connectivity index (χ4n) is 3.47. The highest BCUT2D eigenvalue weighted by Gasteiger charge is 2.18. The molecule has 2 N–H and O–H groups in total. The number of hydrogen-bond acceptors (Lipinski definition) is 4. The second-order valence-electron chi connectivity index (χ2n) is 7.04. The third kappa shape index (κ3) is 6.23. The first kappa shape index (κ1) is 17.7. The second kappa shape index (κ2) is 9.48. The summed E-state index contributed by atoms with van der Waals surface area (Å²) >= 11 is 0. The van der Waals surface area contributed by atoms with Crippen molar-refractivity contribution in [3.63, 3.8) is 0 Å². The smallest absolute Gasteiger partial charge is 0.220 e. The van der Waals surface area contributed by atoms with Crippen LogP contribution in [0.5, 0.6) is 0 Å². The van der Waals surface area contributed by atoms with Gasteiger partial charge in [-0.3, -0.25) is 4.79 Å². The summed E-state index contributed by atoms with van der Waals surface area (Å²) in [7, 11) is 0. The highest BCUT2D eigenvalue weighted by molar-refractivity contribution is 5.75. The van der Waals surface area contributed by atoms with Crippen molar-refractivity contribution >= 4 is 5.91 Å². The summed E-state index contributed by atoms with van der Waals surface area (Å²) in [6.45, 7) is 14.5. The molecule has 2 fully saturated rings. The van der Waals surface area contributed by atoms with Crippen LogP contribution >= 0.6 is 0 Å². The molecule has 5 nitrogen and oxygen atoms in total. The lowest BCUT2D eigenvalue weighted by Gasteiger charge is -2.35. The van der Waals surface area contributed by atoms with Gasteiger partial charge < -0.3 is 20.4 Å². The number of carbonyl (C=O) groups excluding carboxylic acids is 1. The lowest BCUT2D eigenvalue weighted by atomic mass is 10.0. The molecule has 2 atom stereocenters.